The Balaban J connectivity index is 2.39. The fourth-order valence-electron chi connectivity index (χ4n) is 0.848. The van der Waals surface area contributed by atoms with Crippen LogP contribution < -0.4 is 0 Å². The number of aliphatic imine (C=N–C) groups is 1. The summed E-state index contributed by atoms with van der Waals surface area (Å²) in [7, 11) is 6.15. The van der Waals surface area contributed by atoms with Gasteiger partial charge in [-0.15, -0.1) is 0 Å². The third-order valence-corrected chi connectivity index (χ3v) is 2.56. The monoisotopic (exact) mass is 173 g/mol. The van der Waals surface area contributed by atoms with Crippen molar-refractivity contribution in [3.05, 3.63) is 0 Å². The van der Waals surface area contributed by atoms with Crippen molar-refractivity contribution in [2.24, 2.45) is 4.99 Å². The van der Waals surface area contributed by atoms with E-state index in [-0.39, 0.29) is 0 Å². The molecule has 0 amide bonds. The molecule has 0 saturated carbocycles. The van der Waals surface area contributed by atoms with Crippen molar-refractivity contribution in [3.8, 4) is 0 Å². The molecule has 64 valence electrons. The topological polar surface area (TPSA) is 18.8 Å². The Morgan fingerprint density at radius 1 is 1.64 bits per heavy atom. The summed E-state index contributed by atoms with van der Waals surface area (Å²) in [6.07, 6.45) is 0. The molecule has 0 aromatic heterocycles. The standard InChI is InChI=1S/C7H15N3S/c1-9(2)6-8-7-10(3)4-5-11-7/h4-6H2,1-3H3. The van der Waals surface area contributed by atoms with E-state index < -0.39 is 0 Å². The van der Waals surface area contributed by atoms with E-state index in [1.54, 1.807) is 0 Å². The molecule has 0 aliphatic carbocycles. The normalized spacial score (nSPS) is 22.2. The van der Waals surface area contributed by atoms with Crippen LogP contribution >= 0.6 is 11.8 Å². The maximum absolute atomic E-state index is 4.44. The van der Waals surface area contributed by atoms with Gasteiger partial charge in [-0.1, -0.05) is 11.8 Å². The van der Waals surface area contributed by atoms with Gasteiger partial charge in [0.05, 0.1) is 6.67 Å². The Hall–Kier alpha value is -0.220. The molecule has 11 heavy (non-hydrogen) atoms. The molecular formula is C7H15N3S. The van der Waals surface area contributed by atoms with Crippen LogP contribution in [0.25, 0.3) is 0 Å². The van der Waals surface area contributed by atoms with Gasteiger partial charge in [0.15, 0.2) is 5.17 Å². The van der Waals surface area contributed by atoms with Gasteiger partial charge in [-0.05, 0) is 14.1 Å². The molecule has 0 aromatic carbocycles. The highest BCUT2D eigenvalue weighted by atomic mass is 32.2. The maximum Gasteiger partial charge on any atom is 0.160 e. The van der Waals surface area contributed by atoms with Crippen molar-refractivity contribution in [1.29, 1.82) is 0 Å². The van der Waals surface area contributed by atoms with E-state index in [0.717, 1.165) is 13.2 Å². The fraction of sp³-hybridized carbons (Fsp3) is 0.857. The summed E-state index contributed by atoms with van der Waals surface area (Å²) in [4.78, 5) is 8.71. The van der Waals surface area contributed by atoms with Gasteiger partial charge in [0.2, 0.25) is 0 Å². The van der Waals surface area contributed by atoms with Gasteiger partial charge in [-0.2, -0.15) is 0 Å². The second kappa shape index (κ2) is 3.97. The number of thioether (sulfide) groups is 1. The van der Waals surface area contributed by atoms with Crippen molar-refractivity contribution in [3.63, 3.8) is 0 Å². The quantitative estimate of drug-likeness (QED) is 0.607. The van der Waals surface area contributed by atoms with Crippen LogP contribution in [0.1, 0.15) is 0 Å². The molecule has 1 saturated heterocycles. The Morgan fingerprint density at radius 2 is 2.36 bits per heavy atom. The van der Waals surface area contributed by atoms with Crippen LogP contribution in [0, 0.1) is 0 Å². The molecule has 0 aromatic rings. The van der Waals surface area contributed by atoms with Gasteiger partial charge in [0.1, 0.15) is 0 Å². The molecule has 1 rings (SSSR count). The first-order valence-corrected chi connectivity index (χ1v) is 4.72. The van der Waals surface area contributed by atoms with Crippen molar-refractivity contribution < 1.29 is 0 Å². The van der Waals surface area contributed by atoms with Gasteiger partial charge in [-0.25, -0.2) is 4.99 Å². The summed E-state index contributed by atoms with van der Waals surface area (Å²) < 4.78 is 0. The molecular weight excluding hydrogens is 158 g/mol. The molecule has 0 atom stereocenters. The van der Waals surface area contributed by atoms with Crippen LogP contribution in [0.5, 0.6) is 0 Å². The number of hydrogen-bond acceptors (Lipinski definition) is 3. The van der Waals surface area contributed by atoms with E-state index in [9.17, 15) is 0 Å². The van der Waals surface area contributed by atoms with Crippen molar-refractivity contribution in [2.45, 2.75) is 0 Å². The van der Waals surface area contributed by atoms with E-state index in [1.165, 1.54) is 10.9 Å². The molecule has 0 spiro atoms. The minimum absolute atomic E-state index is 0.798. The second-order valence-corrected chi connectivity index (χ2v) is 3.99. The first kappa shape index (κ1) is 8.87. The molecule has 0 radical (unpaired) electrons. The lowest BCUT2D eigenvalue weighted by Crippen LogP contribution is -2.20. The molecule has 3 nitrogen and oxygen atoms in total. The molecule has 1 aliphatic heterocycles. The maximum atomic E-state index is 4.44. The van der Waals surface area contributed by atoms with Gasteiger partial charge in [0, 0.05) is 19.3 Å². The van der Waals surface area contributed by atoms with Crippen LogP contribution in [0.3, 0.4) is 0 Å². The number of hydrogen-bond donors (Lipinski definition) is 0. The van der Waals surface area contributed by atoms with E-state index >= 15 is 0 Å². The third-order valence-electron chi connectivity index (χ3n) is 1.47. The summed E-state index contributed by atoms with van der Waals surface area (Å²) >= 11 is 1.84. The zero-order valence-corrected chi connectivity index (χ0v) is 8.19. The SMILES string of the molecule is CN(C)CN=C1SCCN1C. The Kier molecular flexibility index (Phi) is 3.20. The summed E-state index contributed by atoms with van der Waals surface area (Å²) in [5, 5.41) is 1.18. The zero-order chi connectivity index (χ0) is 8.27. The highest BCUT2D eigenvalue weighted by molar-refractivity contribution is 8.14. The van der Waals surface area contributed by atoms with Crippen LogP contribution in [0.2, 0.25) is 0 Å². The van der Waals surface area contributed by atoms with Crippen LogP contribution in [-0.4, -0.2) is 55.1 Å². The molecule has 1 fully saturated rings. The van der Waals surface area contributed by atoms with Gasteiger partial charge in [0.25, 0.3) is 0 Å². The Morgan fingerprint density at radius 3 is 2.82 bits per heavy atom. The first-order valence-electron chi connectivity index (χ1n) is 3.73. The Bertz CT molecular complexity index is 156. The third kappa shape index (κ3) is 2.71. The highest BCUT2D eigenvalue weighted by Gasteiger charge is 2.13. The van der Waals surface area contributed by atoms with Crippen LogP contribution in [0.15, 0.2) is 4.99 Å². The molecule has 0 N–H and O–H groups in total. The lowest BCUT2D eigenvalue weighted by Gasteiger charge is -2.11. The van der Waals surface area contributed by atoms with E-state index in [2.05, 4.69) is 21.8 Å². The van der Waals surface area contributed by atoms with E-state index in [4.69, 9.17) is 0 Å². The van der Waals surface area contributed by atoms with Crippen LogP contribution in [0.4, 0.5) is 0 Å². The first-order chi connectivity index (χ1) is 5.20. The summed E-state index contributed by atoms with van der Waals surface area (Å²) in [6.45, 7) is 1.93. The summed E-state index contributed by atoms with van der Waals surface area (Å²) in [5.41, 5.74) is 0. The predicted molar refractivity (Wildman–Crippen MR) is 51.1 cm³/mol. The molecule has 4 heteroatoms. The van der Waals surface area contributed by atoms with Gasteiger partial charge >= 0.3 is 0 Å². The number of rotatable bonds is 2. The average Bonchev–Trinajstić information content (AvgIpc) is 2.31. The molecule has 1 heterocycles. The van der Waals surface area contributed by atoms with E-state index in [1.807, 2.05) is 25.9 Å². The average molecular weight is 173 g/mol. The van der Waals surface area contributed by atoms with Crippen LogP contribution in [-0.2, 0) is 0 Å². The summed E-state index contributed by atoms with van der Waals surface area (Å²) in [6, 6.07) is 0. The highest BCUT2D eigenvalue weighted by Crippen LogP contribution is 2.15. The zero-order valence-electron chi connectivity index (χ0n) is 7.37. The number of amidine groups is 1. The van der Waals surface area contributed by atoms with Crippen molar-refractivity contribution in [2.75, 3.05) is 40.1 Å². The smallest absolute Gasteiger partial charge is 0.160 e. The lowest BCUT2D eigenvalue weighted by molar-refractivity contribution is 0.420. The predicted octanol–water partition coefficient (Wildman–Crippen LogP) is 0.540. The molecule has 0 bridgehead atoms. The van der Waals surface area contributed by atoms with Gasteiger partial charge in [-0.3, -0.25) is 4.90 Å². The fourth-order valence-corrected chi connectivity index (χ4v) is 1.86. The van der Waals surface area contributed by atoms with Crippen molar-refractivity contribution in [1.82, 2.24) is 9.80 Å². The van der Waals surface area contributed by atoms with Gasteiger partial charge < -0.3 is 4.90 Å². The number of nitrogens with zero attached hydrogens (tertiary/aromatic N) is 3. The van der Waals surface area contributed by atoms with E-state index in [0.29, 0.717) is 0 Å². The Labute approximate surface area is 72.5 Å². The second-order valence-electron chi connectivity index (χ2n) is 2.93. The lowest BCUT2D eigenvalue weighted by atomic mass is 10.7. The largest absolute Gasteiger partial charge is 0.354 e. The molecule has 0 unspecified atom stereocenters. The minimum Gasteiger partial charge on any atom is -0.354 e. The van der Waals surface area contributed by atoms with Crippen molar-refractivity contribution >= 4 is 16.9 Å². The minimum atomic E-state index is 0.798. The molecule has 1 aliphatic rings. The summed E-state index contributed by atoms with van der Waals surface area (Å²) in [5.74, 6) is 1.18.